The lowest BCUT2D eigenvalue weighted by Gasteiger charge is -2.18. The minimum atomic E-state index is -0.789. The maximum Gasteiger partial charge on any atom is 0.306 e. The molecule has 0 aliphatic rings. The average molecular weight is 1060 g/mol. The molecule has 1 atom stereocenters. The lowest BCUT2D eigenvalue weighted by atomic mass is 10.0. The van der Waals surface area contributed by atoms with E-state index in [2.05, 4.69) is 130 Å². The number of esters is 3. The standard InChI is InChI=1S/C70H118O6/c1-4-7-10-13-16-19-22-25-27-28-29-30-31-32-33-34-35-36-37-38-39-40-41-42-43-46-48-51-54-57-60-63-69(72)75-66-67(65-74-68(71)62-59-56-53-50-47-44-24-21-18-15-12-9-6-3)76-70(73)64-61-58-55-52-49-45-26-23-20-17-14-11-8-5-2/h7,10,12,15-16,19,21,23-27,29-30,32-33,35-36,67H,4-6,8-9,11,13-14,17-18,20,22,28,31,34,37-66H2,1-3H3/b10-7-,15-12-,19-16-,24-21-,26-23-,27-25-,30-29-,33-32-,36-35-. The van der Waals surface area contributed by atoms with Crippen molar-refractivity contribution < 1.29 is 28.6 Å². The van der Waals surface area contributed by atoms with E-state index in [1.54, 1.807) is 0 Å². The molecule has 0 fully saturated rings. The maximum absolute atomic E-state index is 12.9. The molecule has 0 aliphatic carbocycles. The highest BCUT2D eigenvalue weighted by atomic mass is 16.6. The largest absolute Gasteiger partial charge is 0.462 e. The Hall–Kier alpha value is -3.93. The average Bonchev–Trinajstić information content (AvgIpc) is 3.42. The van der Waals surface area contributed by atoms with Gasteiger partial charge in [-0.1, -0.05) is 265 Å². The number of carbonyl (C=O) groups excluding carboxylic acids is 3. The summed E-state index contributed by atoms with van der Waals surface area (Å²) in [4.78, 5) is 38.2. The second kappa shape index (κ2) is 63.6. The van der Waals surface area contributed by atoms with Crippen molar-refractivity contribution >= 4 is 17.9 Å². The number of carbonyl (C=O) groups is 3. The molecule has 0 amide bonds. The second-order valence-electron chi connectivity index (χ2n) is 20.9. The monoisotopic (exact) mass is 1050 g/mol. The Kier molecular flexibility index (Phi) is 60.3. The van der Waals surface area contributed by atoms with Crippen LogP contribution in [0.25, 0.3) is 0 Å². The zero-order valence-corrected chi connectivity index (χ0v) is 49.7. The zero-order valence-electron chi connectivity index (χ0n) is 49.7. The molecule has 0 aromatic rings. The molecule has 0 aromatic heterocycles. The van der Waals surface area contributed by atoms with Crippen LogP contribution in [0.15, 0.2) is 109 Å². The molecule has 434 valence electrons. The van der Waals surface area contributed by atoms with E-state index in [1.807, 2.05) is 0 Å². The highest BCUT2D eigenvalue weighted by molar-refractivity contribution is 5.71. The van der Waals surface area contributed by atoms with Crippen LogP contribution in [0.5, 0.6) is 0 Å². The van der Waals surface area contributed by atoms with E-state index in [-0.39, 0.29) is 31.1 Å². The number of unbranched alkanes of at least 4 members (excludes halogenated alkanes) is 28. The van der Waals surface area contributed by atoms with E-state index in [4.69, 9.17) is 14.2 Å². The molecule has 0 aromatic carbocycles. The summed E-state index contributed by atoms with van der Waals surface area (Å²) in [6, 6.07) is 0. The van der Waals surface area contributed by atoms with Crippen LogP contribution in [0.3, 0.4) is 0 Å². The van der Waals surface area contributed by atoms with Crippen molar-refractivity contribution in [2.24, 2.45) is 0 Å². The topological polar surface area (TPSA) is 78.9 Å². The summed E-state index contributed by atoms with van der Waals surface area (Å²) >= 11 is 0. The van der Waals surface area contributed by atoms with Crippen LogP contribution < -0.4 is 0 Å². The maximum atomic E-state index is 12.9. The van der Waals surface area contributed by atoms with Gasteiger partial charge in [-0.05, 0) is 122 Å². The number of ether oxygens (including phenoxy) is 3. The quantitative estimate of drug-likeness (QED) is 0.0261. The minimum absolute atomic E-state index is 0.0862. The summed E-state index contributed by atoms with van der Waals surface area (Å²) in [6.45, 7) is 6.44. The molecule has 0 saturated heterocycles. The third-order valence-electron chi connectivity index (χ3n) is 13.5. The molecule has 6 nitrogen and oxygen atoms in total. The third kappa shape index (κ3) is 60.9. The van der Waals surface area contributed by atoms with Crippen molar-refractivity contribution in [1.82, 2.24) is 0 Å². The van der Waals surface area contributed by atoms with Gasteiger partial charge in [0.15, 0.2) is 6.10 Å². The molecular formula is C70H118O6. The van der Waals surface area contributed by atoms with E-state index in [0.717, 1.165) is 141 Å². The Morgan fingerprint density at radius 2 is 0.539 bits per heavy atom. The molecule has 1 unspecified atom stereocenters. The van der Waals surface area contributed by atoms with Crippen LogP contribution in [-0.4, -0.2) is 37.2 Å². The number of rotatable bonds is 57. The smallest absolute Gasteiger partial charge is 0.306 e. The van der Waals surface area contributed by atoms with Crippen LogP contribution in [0, 0.1) is 0 Å². The first-order valence-electron chi connectivity index (χ1n) is 31.9. The van der Waals surface area contributed by atoms with Crippen molar-refractivity contribution in [1.29, 1.82) is 0 Å². The fraction of sp³-hybridized carbons (Fsp3) is 0.700. The molecule has 6 heteroatoms. The number of hydrogen-bond donors (Lipinski definition) is 0. The first kappa shape index (κ1) is 72.1. The fourth-order valence-electron chi connectivity index (χ4n) is 8.71. The molecule has 0 bridgehead atoms. The molecule has 0 aliphatic heterocycles. The Morgan fingerprint density at radius 3 is 0.868 bits per heavy atom. The molecule has 76 heavy (non-hydrogen) atoms. The first-order chi connectivity index (χ1) is 37.5. The Morgan fingerprint density at radius 1 is 0.276 bits per heavy atom. The summed E-state index contributed by atoms with van der Waals surface area (Å²) < 4.78 is 16.9. The Balaban J connectivity index is 4.23. The SMILES string of the molecule is CC/C=C\C/C=C\C/C=C\C/C=C\C/C=C\C/C=C\CCCCCCCCCCCCCCC(=O)OCC(COC(=O)CCCCCCC/C=C\C/C=C\CCC)OC(=O)CCCCCCC/C=C\CCCCCCC. The minimum Gasteiger partial charge on any atom is -0.462 e. The number of hydrogen-bond acceptors (Lipinski definition) is 6. The summed E-state index contributed by atoms with van der Waals surface area (Å²) in [5, 5.41) is 0. The predicted molar refractivity (Wildman–Crippen MR) is 330 cm³/mol. The molecule has 0 N–H and O–H groups in total. The summed E-state index contributed by atoms with van der Waals surface area (Å²) in [5.41, 5.74) is 0. The van der Waals surface area contributed by atoms with Crippen molar-refractivity contribution in [3.8, 4) is 0 Å². The van der Waals surface area contributed by atoms with Gasteiger partial charge in [-0.15, -0.1) is 0 Å². The van der Waals surface area contributed by atoms with E-state index in [9.17, 15) is 14.4 Å². The third-order valence-corrected chi connectivity index (χ3v) is 13.5. The van der Waals surface area contributed by atoms with Crippen molar-refractivity contribution in [2.75, 3.05) is 13.2 Å². The van der Waals surface area contributed by atoms with E-state index < -0.39 is 6.10 Å². The van der Waals surface area contributed by atoms with E-state index in [1.165, 1.54) is 116 Å². The van der Waals surface area contributed by atoms with Gasteiger partial charge in [-0.3, -0.25) is 14.4 Å². The van der Waals surface area contributed by atoms with Crippen molar-refractivity contribution in [3.63, 3.8) is 0 Å². The first-order valence-corrected chi connectivity index (χ1v) is 31.9. The van der Waals surface area contributed by atoms with Crippen LogP contribution in [0.4, 0.5) is 0 Å². The molecule has 0 saturated carbocycles. The van der Waals surface area contributed by atoms with E-state index in [0.29, 0.717) is 19.3 Å². The summed E-state index contributed by atoms with van der Waals surface area (Å²) in [5.74, 6) is -0.906. The van der Waals surface area contributed by atoms with Crippen LogP contribution in [-0.2, 0) is 28.6 Å². The van der Waals surface area contributed by atoms with Crippen LogP contribution in [0.2, 0.25) is 0 Å². The molecule has 0 rings (SSSR count). The van der Waals surface area contributed by atoms with Crippen LogP contribution in [0.1, 0.15) is 297 Å². The Bertz CT molecular complexity index is 1540. The van der Waals surface area contributed by atoms with Crippen molar-refractivity contribution in [2.45, 2.75) is 303 Å². The van der Waals surface area contributed by atoms with Gasteiger partial charge in [0.1, 0.15) is 13.2 Å². The van der Waals surface area contributed by atoms with Gasteiger partial charge in [0, 0.05) is 19.3 Å². The second-order valence-corrected chi connectivity index (χ2v) is 20.9. The lowest BCUT2D eigenvalue weighted by molar-refractivity contribution is -0.167. The van der Waals surface area contributed by atoms with Gasteiger partial charge >= 0.3 is 17.9 Å². The van der Waals surface area contributed by atoms with Gasteiger partial charge in [0.25, 0.3) is 0 Å². The molecular weight excluding hydrogens is 937 g/mol. The van der Waals surface area contributed by atoms with Gasteiger partial charge < -0.3 is 14.2 Å². The van der Waals surface area contributed by atoms with Gasteiger partial charge in [-0.25, -0.2) is 0 Å². The zero-order chi connectivity index (χ0) is 55.0. The molecule has 0 heterocycles. The predicted octanol–water partition coefficient (Wildman–Crippen LogP) is 21.8. The Labute approximate surface area is 470 Å². The molecule has 0 radical (unpaired) electrons. The highest BCUT2D eigenvalue weighted by Crippen LogP contribution is 2.16. The molecule has 0 spiro atoms. The highest BCUT2D eigenvalue weighted by Gasteiger charge is 2.19. The van der Waals surface area contributed by atoms with Gasteiger partial charge in [0.2, 0.25) is 0 Å². The van der Waals surface area contributed by atoms with Gasteiger partial charge in [-0.2, -0.15) is 0 Å². The van der Waals surface area contributed by atoms with E-state index >= 15 is 0 Å². The fourth-order valence-corrected chi connectivity index (χ4v) is 8.71. The lowest BCUT2D eigenvalue weighted by Crippen LogP contribution is -2.30. The van der Waals surface area contributed by atoms with Crippen molar-refractivity contribution in [3.05, 3.63) is 109 Å². The van der Waals surface area contributed by atoms with Crippen LogP contribution >= 0.6 is 0 Å². The normalized spacial score (nSPS) is 12.8. The van der Waals surface area contributed by atoms with Gasteiger partial charge in [0.05, 0.1) is 0 Å². The summed E-state index contributed by atoms with van der Waals surface area (Å²) in [7, 11) is 0. The number of allylic oxidation sites excluding steroid dienone is 18. The summed E-state index contributed by atoms with van der Waals surface area (Å²) in [6.07, 6.45) is 86.7.